The van der Waals surface area contributed by atoms with Crippen molar-refractivity contribution in [2.45, 2.75) is 58.9 Å². The van der Waals surface area contributed by atoms with Crippen LogP contribution in [0.2, 0.25) is 0 Å². The van der Waals surface area contributed by atoms with Crippen LogP contribution in [0.25, 0.3) is 0 Å². The molecule has 0 saturated carbocycles. The van der Waals surface area contributed by atoms with Gasteiger partial charge in [0.15, 0.2) is 0 Å². The number of nitrogens with zero attached hydrogens (tertiary/aromatic N) is 2. The van der Waals surface area contributed by atoms with Gasteiger partial charge in [0.25, 0.3) is 0 Å². The van der Waals surface area contributed by atoms with E-state index in [4.69, 9.17) is 0 Å². The number of pyridine rings is 1. The summed E-state index contributed by atoms with van der Waals surface area (Å²) in [6, 6.07) is 4.76. The summed E-state index contributed by atoms with van der Waals surface area (Å²) in [6.07, 6.45) is 8.83. The van der Waals surface area contributed by atoms with E-state index in [1.165, 1.54) is 50.9 Å². The van der Waals surface area contributed by atoms with Crippen LogP contribution < -0.4 is 10.2 Å². The van der Waals surface area contributed by atoms with Crippen molar-refractivity contribution < 1.29 is 0 Å². The topological polar surface area (TPSA) is 28.2 Å². The Kier molecular flexibility index (Phi) is 6.50. The molecule has 118 valence electrons. The average molecular weight is 289 g/mol. The lowest BCUT2D eigenvalue weighted by atomic mass is 9.96. The number of aromatic nitrogens is 1. The van der Waals surface area contributed by atoms with Crippen LogP contribution in [-0.2, 0) is 0 Å². The maximum atomic E-state index is 4.65. The molecule has 0 aromatic carbocycles. The zero-order valence-corrected chi connectivity index (χ0v) is 13.9. The lowest BCUT2D eigenvalue weighted by molar-refractivity contribution is 0.435. The quantitative estimate of drug-likeness (QED) is 0.852. The minimum absolute atomic E-state index is 0.335. The number of nitrogens with one attached hydrogen (secondary N) is 1. The molecule has 3 nitrogen and oxygen atoms in total. The van der Waals surface area contributed by atoms with Crippen LogP contribution in [0.4, 0.5) is 5.69 Å². The highest BCUT2D eigenvalue weighted by atomic mass is 15.1. The molecule has 1 aliphatic rings. The molecule has 0 radical (unpaired) electrons. The fraction of sp³-hybridized carbons (Fsp3) is 0.722. The van der Waals surface area contributed by atoms with Crippen LogP contribution in [0.1, 0.15) is 64.6 Å². The van der Waals surface area contributed by atoms with E-state index in [1.807, 2.05) is 0 Å². The number of rotatable bonds is 6. The average Bonchev–Trinajstić information content (AvgIpc) is 2.74. The van der Waals surface area contributed by atoms with Crippen molar-refractivity contribution in [2.75, 3.05) is 24.5 Å². The third-order valence-electron chi connectivity index (χ3n) is 4.63. The van der Waals surface area contributed by atoms with Gasteiger partial charge in [0, 0.05) is 19.1 Å². The summed E-state index contributed by atoms with van der Waals surface area (Å²) in [5, 5.41) is 3.41. The molecule has 1 N–H and O–H groups in total. The van der Waals surface area contributed by atoms with Gasteiger partial charge in [0.2, 0.25) is 0 Å². The molecular formula is C18H31N3. The second-order valence-electron chi connectivity index (χ2n) is 6.29. The molecule has 2 rings (SSSR count). The number of anilines is 1. The smallest absolute Gasteiger partial charge is 0.0572 e. The fourth-order valence-corrected chi connectivity index (χ4v) is 3.37. The maximum absolute atomic E-state index is 4.65. The van der Waals surface area contributed by atoms with Crippen LogP contribution in [0, 0.1) is 5.92 Å². The number of hydrogen-bond donors (Lipinski definition) is 1. The Bertz CT molecular complexity index is 401. The molecule has 0 spiro atoms. The largest absolute Gasteiger partial charge is 0.370 e. The van der Waals surface area contributed by atoms with Crippen molar-refractivity contribution in [1.82, 2.24) is 10.3 Å². The lowest BCUT2D eigenvalue weighted by Gasteiger charge is -2.23. The van der Waals surface area contributed by atoms with E-state index < -0.39 is 0 Å². The first-order chi connectivity index (χ1) is 10.2. The monoisotopic (exact) mass is 289 g/mol. The first kappa shape index (κ1) is 16.3. The first-order valence-electron chi connectivity index (χ1n) is 8.68. The van der Waals surface area contributed by atoms with Crippen molar-refractivity contribution >= 4 is 5.69 Å². The molecular weight excluding hydrogens is 258 g/mol. The summed E-state index contributed by atoms with van der Waals surface area (Å²) in [5.74, 6) is 0.931. The van der Waals surface area contributed by atoms with Crippen LogP contribution in [0.5, 0.6) is 0 Å². The van der Waals surface area contributed by atoms with E-state index in [1.54, 1.807) is 0 Å². The highest BCUT2D eigenvalue weighted by Crippen LogP contribution is 2.25. The molecule has 1 aromatic heterocycles. The summed E-state index contributed by atoms with van der Waals surface area (Å²) in [5.41, 5.74) is 2.43. The highest BCUT2D eigenvalue weighted by molar-refractivity contribution is 5.44. The Morgan fingerprint density at radius 2 is 2.14 bits per heavy atom. The van der Waals surface area contributed by atoms with Gasteiger partial charge in [0.1, 0.15) is 0 Å². The molecule has 2 heterocycles. The second kappa shape index (κ2) is 8.38. The van der Waals surface area contributed by atoms with Crippen molar-refractivity contribution in [3.8, 4) is 0 Å². The number of hydrogen-bond acceptors (Lipinski definition) is 3. The Balaban J connectivity index is 1.95. The van der Waals surface area contributed by atoms with Gasteiger partial charge in [-0.25, -0.2) is 0 Å². The van der Waals surface area contributed by atoms with Crippen LogP contribution in [0.15, 0.2) is 18.3 Å². The van der Waals surface area contributed by atoms with Gasteiger partial charge in [-0.2, -0.15) is 0 Å². The van der Waals surface area contributed by atoms with Crippen molar-refractivity contribution in [1.29, 1.82) is 0 Å². The predicted molar refractivity (Wildman–Crippen MR) is 90.8 cm³/mol. The van der Waals surface area contributed by atoms with Gasteiger partial charge >= 0.3 is 0 Å². The zero-order valence-electron chi connectivity index (χ0n) is 13.9. The molecule has 3 heteroatoms. The second-order valence-corrected chi connectivity index (χ2v) is 6.29. The van der Waals surface area contributed by atoms with Gasteiger partial charge in [-0.1, -0.05) is 26.7 Å². The van der Waals surface area contributed by atoms with E-state index >= 15 is 0 Å². The standard InChI is InChI=1S/C18H31N3/c1-4-7-16-8-6-12-21(13-11-16)17-9-10-18(20-14-17)15(3)19-5-2/h9-10,14-16,19H,4-8,11-13H2,1-3H3. The predicted octanol–water partition coefficient (Wildman–Crippen LogP) is 4.16. The molecule has 2 unspecified atom stereocenters. The molecule has 21 heavy (non-hydrogen) atoms. The third-order valence-corrected chi connectivity index (χ3v) is 4.63. The molecule has 1 aliphatic heterocycles. The summed E-state index contributed by atoms with van der Waals surface area (Å²) in [6.45, 7) is 9.96. The molecule has 0 aliphatic carbocycles. The van der Waals surface area contributed by atoms with Gasteiger partial charge in [-0.3, -0.25) is 4.98 Å². The van der Waals surface area contributed by atoms with Gasteiger partial charge in [-0.05, 0) is 50.8 Å². The van der Waals surface area contributed by atoms with Crippen molar-refractivity contribution in [3.05, 3.63) is 24.0 Å². The van der Waals surface area contributed by atoms with Crippen molar-refractivity contribution in [3.63, 3.8) is 0 Å². The van der Waals surface area contributed by atoms with E-state index in [2.05, 4.69) is 54.3 Å². The molecule has 1 aromatic rings. The molecule has 0 bridgehead atoms. The van der Waals surface area contributed by atoms with Gasteiger partial charge in [0.05, 0.1) is 17.6 Å². The van der Waals surface area contributed by atoms with E-state index in [0.717, 1.165) is 18.2 Å². The minimum Gasteiger partial charge on any atom is -0.370 e. The molecule has 0 amide bonds. The Morgan fingerprint density at radius 3 is 2.81 bits per heavy atom. The first-order valence-corrected chi connectivity index (χ1v) is 8.68. The molecule has 1 saturated heterocycles. The van der Waals surface area contributed by atoms with Crippen LogP contribution in [-0.4, -0.2) is 24.6 Å². The zero-order chi connectivity index (χ0) is 15.1. The lowest BCUT2D eigenvalue weighted by Crippen LogP contribution is -2.25. The van der Waals surface area contributed by atoms with E-state index in [9.17, 15) is 0 Å². The normalized spacial score (nSPS) is 21.1. The van der Waals surface area contributed by atoms with E-state index in [0.29, 0.717) is 6.04 Å². The molecule has 2 atom stereocenters. The Morgan fingerprint density at radius 1 is 1.29 bits per heavy atom. The van der Waals surface area contributed by atoms with Crippen molar-refractivity contribution in [2.24, 2.45) is 5.92 Å². The summed E-state index contributed by atoms with van der Waals surface area (Å²) >= 11 is 0. The Hall–Kier alpha value is -1.09. The maximum Gasteiger partial charge on any atom is 0.0572 e. The summed E-state index contributed by atoms with van der Waals surface area (Å²) in [4.78, 5) is 7.17. The van der Waals surface area contributed by atoms with Crippen LogP contribution in [0.3, 0.4) is 0 Å². The molecule has 1 fully saturated rings. The highest BCUT2D eigenvalue weighted by Gasteiger charge is 2.17. The van der Waals surface area contributed by atoms with Gasteiger partial charge in [-0.15, -0.1) is 0 Å². The van der Waals surface area contributed by atoms with Crippen LogP contribution >= 0.6 is 0 Å². The SMILES string of the molecule is CCCC1CCCN(c2ccc(C(C)NCC)nc2)CC1. The summed E-state index contributed by atoms with van der Waals surface area (Å²) in [7, 11) is 0. The third kappa shape index (κ3) is 4.70. The Labute approximate surface area is 130 Å². The minimum atomic E-state index is 0.335. The summed E-state index contributed by atoms with van der Waals surface area (Å²) < 4.78 is 0. The van der Waals surface area contributed by atoms with E-state index in [-0.39, 0.29) is 0 Å². The fourth-order valence-electron chi connectivity index (χ4n) is 3.37. The van der Waals surface area contributed by atoms with Gasteiger partial charge < -0.3 is 10.2 Å².